The van der Waals surface area contributed by atoms with Crippen molar-refractivity contribution in [3.05, 3.63) is 35.9 Å². The zero-order valence-corrected chi connectivity index (χ0v) is 17.3. The van der Waals surface area contributed by atoms with E-state index in [1.165, 1.54) is 0 Å². The Morgan fingerprint density at radius 3 is 2.50 bits per heavy atom. The molecule has 1 aromatic carbocycles. The lowest BCUT2D eigenvalue weighted by Gasteiger charge is -2.33. The zero-order valence-electron chi connectivity index (χ0n) is 17.3. The Hall–Kier alpha value is -2.21. The maximum Gasteiger partial charge on any atom is 0.251 e. The molecule has 0 spiro atoms. The average Bonchev–Trinajstić information content (AvgIpc) is 2.63. The Balaban J connectivity index is 2.14. The third-order valence-electron chi connectivity index (χ3n) is 4.83. The van der Waals surface area contributed by atoms with Crippen LogP contribution in [0.2, 0.25) is 0 Å². The predicted octanol–water partition coefficient (Wildman–Crippen LogP) is 2.72. The summed E-state index contributed by atoms with van der Waals surface area (Å²) in [6.45, 7) is 8.57. The number of ether oxygens (including phenoxy) is 1. The molecule has 0 radical (unpaired) electrons. The van der Waals surface area contributed by atoms with Gasteiger partial charge in [-0.15, -0.1) is 0 Å². The normalized spacial score (nSPS) is 21.1. The highest BCUT2D eigenvalue weighted by Gasteiger charge is 2.36. The van der Waals surface area contributed by atoms with E-state index in [2.05, 4.69) is 10.6 Å². The fourth-order valence-electron chi connectivity index (χ4n) is 3.49. The van der Waals surface area contributed by atoms with Crippen molar-refractivity contribution in [3.63, 3.8) is 0 Å². The summed E-state index contributed by atoms with van der Waals surface area (Å²) in [6.07, 6.45) is 2.17. The lowest BCUT2D eigenvalue weighted by molar-refractivity contribution is -0.138. The summed E-state index contributed by atoms with van der Waals surface area (Å²) in [5, 5.41) is 5.75. The van der Waals surface area contributed by atoms with Gasteiger partial charge in [0.1, 0.15) is 12.6 Å². The van der Waals surface area contributed by atoms with Crippen molar-refractivity contribution in [2.45, 2.75) is 59.0 Å². The van der Waals surface area contributed by atoms with Gasteiger partial charge in [0, 0.05) is 11.5 Å². The van der Waals surface area contributed by atoms with Crippen molar-refractivity contribution >= 4 is 17.6 Å². The summed E-state index contributed by atoms with van der Waals surface area (Å²) < 4.78 is 5.35. The van der Waals surface area contributed by atoms with E-state index in [0.29, 0.717) is 18.6 Å². The molecule has 0 bridgehead atoms. The molecular formula is C22H32N2O4. The Morgan fingerprint density at radius 2 is 1.89 bits per heavy atom. The van der Waals surface area contributed by atoms with E-state index >= 15 is 0 Å². The number of carbonyl (C=O) groups excluding carboxylic acids is 3. The first kappa shape index (κ1) is 22.1. The Kier molecular flexibility index (Phi) is 7.75. The van der Waals surface area contributed by atoms with Crippen molar-refractivity contribution < 1.29 is 19.1 Å². The number of carbonyl (C=O) groups is 3. The van der Waals surface area contributed by atoms with Crippen molar-refractivity contribution in [3.8, 4) is 0 Å². The fourth-order valence-corrected chi connectivity index (χ4v) is 3.49. The number of amides is 2. The second-order valence-electron chi connectivity index (χ2n) is 8.67. The minimum Gasteiger partial charge on any atom is -0.373 e. The van der Waals surface area contributed by atoms with Crippen LogP contribution in [0.1, 0.15) is 57.3 Å². The molecule has 1 heterocycles. The van der Waals surface area contributed by atoms with Gasteiger partial charge in [0.15, 0.2) is 5.78 Å². The average molecular weight is 389 g/mol. The van der Waals surface area contributed by atoms with Gasteiger partial charge in [-0.25, -0.2) is 0 Å². The van der Waals surface area contributed by atoms with Crippen LogP contribution in [-0.2, 0) is 14.3 Å². The molecule has 3 atom stereocenters. The minimum absolute atomic E-state index is 0.0193. The van der Waals surface area contributed by atoms with E-state index in [1.54, 1.807) is 24.3 Å². The number of hydrogen-bond acceptors (Lipinski definition) is 4. The predicted molar refractivity (Wildman–Crippen MR) is 108 cm³/mol. The van der Waals surface area contributed by atoms with E-state index in [0.717, 1.165) is 12.8 Å². The zero-order chi connectivity index (χ0) is 20.7. The first-order valence-corrected chi connectivity index (χ1v) is 9.98. The number of rotatable bonds is 7. The van der Waals surface area contributed by atoms with Crippen LogP contribution in [0.5, 0.6) is 0 Å². The maximum atomic E-state index is 13.0. The van der Waals surface area contributed by atoms with Crippen molar-refractivity contribution in [1.29, 1.82) is 0 Å². The molecule has 1 saturated heterocycles. The summed E-state index contributed by atoms with van der Waals surface area (Å²) in [5.41, 5.74) is 0.328. The fraction of sp³-hybridized carbons (Fsp3) is 0.591. The first-order valence-electron chi connectivity index (χ1n) is 9.98. The molecule has 0 aliphatic carbocycles. The molecule has 0 aromatic heterocycles. The van der Waals surface area contributed by atoms with Crippen molar-refractivity contribution in [1.82, 2.24) is 10.6 Å². The van der Waals surface area contributed by atoms with Gasteiger partial charge in [-0.3, -0.25) is 14.4 Å². The Morgan fingerprint density at radius 1 is 1.21 bits per heavy atom. The quantitative estimate of drug-likeness (QED) is 0.752. The van der Waals surface area contributed by atoms with Crippen LogP contribution in [0.4, 0.5) is 0 Å². The molecule has 1 aliphatic heterocycles. The number of ketones is 1. The topological polar surface area (TPSA) is 84.5 Å². The number of Topliss-reactive ketones (excluding diaryl/α,β-unsaturated/α-hetero) is 1. The molecule has 2 rings (SSSR count). The lowest BCUT2D eigenvalue weighted by Crippen LogP contribution is -2.57. The number of benzene rings is 1. The standard InChI is InChI=1S/C22H32N2O4/c1-5-9-16-13-28-14-18(25)19(16)24-21(27)17(12-22(2,3)4)23-20(26)15-10-7-6-8-11-15/h6-8,10-11,16-17,19H,5,9,12-14H2,1-4H3,(H,23,26)(H,24,27)/t16?,17-,19?/m0/s1. The highest BCUT2D eigenvalue weighted by Crippen LogP contribution is 2.23. The summed E-state index contributed by atoms with van der Waals surface area (Å²) in [5.74, 6) is -0.758. The van der Waals surface area contributed by atoms with Gasteiger partial charge in [-0.1, -0.05) is 52.3 Å². The Labute approximate surface area is 167 Å². The molecule has 1 fully saturated rings. The Bertz CT molecular complexity index is 680. The molecule has 2 N–H and O–H groups in total. The summed E-state index contributed by atoms with van der Waals surface area (Å²) in [4.78, 5) is 38.0. The van der Waals surface area contributed by atoms with Gasteiger partial charge in [0.05, 0.1) is 12.6 Å². The van der Waals surface area contributed by atoms with E-state index < -0.39 is 12.1 Å². The van der Waals surface area contributed by atoms with Crippen molar-refractivity contribution in [2.24, 2.45) is 11.3 Å². The molecule has 2 unspecified atom stereocenters. The van der Waals surface area contributed by atoms with Gasteiger partial charge in [-0.05, 0) is 30.4 Å². The van der Waals surface area contributed by atoms with E-state index in [4.69, 9.17) is 4.74 Å². The van der Waals surface area contributed by atoms with E-state index in [1.807, 2.05) is 33.8 Å². The second-order valence-corrected chi connectivity index (χ2v) is 8.67. The van der Waals surface area contributed by atoms with Crippen molar-refractivity contribution in [2.75, 3.05) is 13.2 Å². The van der Waals surface area contributed by atoms with Crippen LogP contribution < -0.4 is 10.6 Å². The molecule has 6 heteroatoms. The summed E-state index contributed by atoms with van der Waals surface area (Å²) in [6, 6.07) is 7.54. The summed E-state index contributed by atoms with van der Waals surface area (Å²) in [7, 11) is 0. The number of hydrogen-bond donors (Lipinski definition) is 2. The van der Waals surface area contributed by atoms with Gasteiger partial charge in [0.25, 0.3) is 5.91 Å². The highest BCUT2D eigenvalue weighted by molar-refractivity contribution is 5.98. The van der Waals surface area contributed by atoms with Gasteiger partial charge < -0.3 is 15.4 Å². The molecule has 1 aromatic rings. The third-order valence-corrected chi connectivity index (χ3v) is 4.83. The molecular weight excluding hydrogens is 356 g/mol. The third kappa shape index (κ3) is 6.44. The van der Waals surface area contributed by atoms with Crippen LogP contribution in [-0.4, -0.2) is 42.9 Å². The molecule has 28 heavy (non-hydrogen) atoms. The molecule has 0 saturated carbocycles. The summed E-state index contributed by atoms with van der Waals surface area (Å²) >= 11 is 0. The highest BCUT2D eigenvalue weighted by atomic mass is 16.5. The lowest BCUT2D eigenvalue weighted by atomic mass is 9.86. The maximum absolute atomic E-state index is 13.0. The van der Waals surface area contributed by atoms with E-state index in [9.17, 15) is 14.4 Å². The first-order chi connectivity index (χ1) is 13.2. The SMILES string of the molecule is CCCC1COCC(=O)C1NC(=O)[C@H](CC(C)(C)C)NC(=O)c1ccccc1. The minimum atomic E-state index is -0.717. The molecule has 154 valence electrons. The monoisotopic (exact) mass is 388 g/mol. The van der Waals surface area contributed by atoms with Gasteiger partial charge in [-0.2, -0.15) is 0 Å². The van der Waals surface area contributed by atoms with Gasteiger partial charge in [0.2, 0.25) is 5.91 Å². The van der Waals surface area contributed by atoms with Crippen LogP contribution in [0.15, 0.2) is 30.3 Å². The molecule has 2 amide bonds. The van der Waals surface area contributed by atoms with Crippen LogP contribution in [0.3, 0.4) is 0 Å². The smallest absolute Gasteiger partial charge is 0.251 e. The molecule has 1 aliphatic rings. The largest absolute Gasteiger partial charge is 0.373 e. The van der Waals surface area contributed by atoms with Crippen LogP contribution >= 0.6 is 0 Å². The molecule has 6 nitrogen and oxygen atoms in total. The van der Waals surface area contributed by atoms with Gasteiger partial charge >= 0.3 is 0 Å². The van der Waals surface area contributed by atoms with Crippen LogP contribution in [0.25, 0.3) is 0 Å². The van der Waals surface area contributed by atoms with Crippen LogP contribution in [0, 0.1) is 11.3 Å². The number of nitrogens with one attached hydrogen (secondary N) is 2. The second kappa shape index (κ2) is 9.82. The van der Waals surface area contributed by atoms with E-state index in [-0.39, 0.29) is 35.5 Å².